The van der Waals surface area contributed by atoms with Gasteiger partial charge in [-0.3, -0.25) is 0 Å². The predicted octanol–water partition coefficient (Wildman–Crippen LogP) is 3.02. The Bertz CT molecular complexity index is 631. The van der Waals surface area contributed by atoms with Gasteiger partial charge in [-0.25, -0.2) is 9.78 Å². The summed E-state index contributed by atoms with van der Waals surface area (Å²) in [6.45, 7) is 0. The summed E-state index contributed by atoms with van der Waals surface area (Å²) >= 11 is 0. The van der Waals surface area contributed by atoms with Crippen molar-refractivity contribution >= 4 is 23.8 Å². The van der Waals surface area contributed by atoms with E-state index in [9.17, 15) is 4.79 Å². The molecule has 102 valence electrons. The Kier molecular flexibility index (Phi) is 4.15. The maximum absolute atomic E-state index is 10.8. The van der Waals surface area contributed by atoms with Crippen LogP contribution in [0.15, 0.2) is 42.6 Å². The molecule has 1 N–H and O–H groups in total. The zero-order chi connectivity index (χ0) is 14.5. The molecule has 0 bridgehead atoms. The molecular formula is C16H16N2O2. The molecule has 0 amide bonds. The van der Waals surface area contributed by atoms with Crippen molar-refractivity contribution in [2.45, 2.75) is 0 Å². The van der Waals surface area contributed by atoms with Gasteiger partial charge in [0.2, 0.25) is 0 Å². The van der Waals surface area contributed by atoms with Gasteiger partial charge in [-0.2, -0.15) is 0 Å². The fourth-order valence-electron chi connectivity index (χ4n) is 1.74. The van der Waals surface area contributed by atoms with Crippen LogP contribution in [0.5, 0.6) is 0 Å². The van der Waals surface area contributed by atoms with Crippen LogP contribution in [-0.2, 0) is 0 Å². The maximum Gasteiger partial charge on any atom is 0.354 e. The Hall–Kier alpha value is -2.62. The quantitative estimate of drug-likeness (QED) is 0.926. The molecule has 4 heteroatoms. The van der Waals surface area contributed by atoms with Gasteiger partial charge >= 0.3 is 5.97 Å². The second kappa shape index (κ2) is 6.02. The first-order chi connectivity index (χ1) is 9.56. The van der Waals surface area contributed by atoms with E-state index in [0.29, 0.717) is 0 Å². The summed E-state index contributed by atoms with van der Waals surface area (Å²) in [6, 6.07) is 11.4. The molecule has 0 atom stereocenters. The van der Waals surface area contributed by atoms with Gasteiger partial charge in [0, 0.05) is 26.0 Å². The van der Waals surface area contributed by atoms with Gasteiger partial charge in [-0.1, -0.05) is 24.3 Å². The number of anilines is 1. The summed E-state index contributed by atoms with van der Waals surface area (Å²) in [5.74, 6) is -1.02. The van der Waals surface area contributed by atoms with Gasteiger partial charge in [0.05, 0.1) is 0 Å². The van der Waals surface area contributed by atoms with Crippen LogP contribution in [0.1, 0.15) is 21.6 Å². The van der Waals surface area contributed by atoms with Crippen LogP contribution in [0.2, 0.25) is 0 Å². The predicted molar refractivity (Wildman–Crippen MR) is 80.9 cm³/mol. The molecule has 0 radical (unpaired) electrons. The Morgan fingerprint density at radius 3 is 2.35 bits per heavy atom. The van der Waals surface area contributed by atoms with Gasteiger partial charge in [-0.05, 0) is 35.4 Å². The van der Waals surface area contributed by atoms with Crippen LogP contribution in [-0.4, -0.2) is 30.2 Å². The van der Waals surface area contributed by atoms with Crippen molar-refractivity contribution < 1.29 is 9.90 Å². The topological polar surface area (TPSA) is 53.4 Å². The van der Waals surface area contributed by atoms with Crippen molar-refractivity contribution in [1.82, 2.24) is 4.98 Å². The molecule has 0 unspecified atom stereocenters. The highest BCUT2D eigenvalue weighted by Crippen LogP contribution is 2.14. The minimum absolute atomic E-state index is 0.0510. The molecule has 0 fully saturated rings. The number of benzene rings is 1. The molecule has 2 aromatic rings. The Morgan fingerprint density at radius 2 is 1.75 bits per heavy atom. The first kappa shape index (κ1) is 13.8. The average molecular weight is 268 g/mol. The highest BCUT2D eigenvalue weighted by molar-refractivity contribution is 5.86. The molecule has 0 aliphatic heterocycles. The standard InChI is InChI=1S/C16H16N2O2/c1-18(2)14-7-5-12(6-8-14)3-4-13-9-10-17-15(11-13)16(19)20/h3-11H,1-2H3,(H,19,20). The third-order valence-electron chi connectivity index (χ3n) is 2.88. The van der Waals surface area contributed by atoms with E-state index in [1.165, 1.54) is 6.20 Å². The maximum atomic E-state index is 10.8. The number of nitrogens with zero attached hydrogens (tertiary/aromatic N) is 2. The van der Waals surface area contributed by atoms with Crippen LogP contribution < -0.4 is 4.90 Å². The number of rotatable bonds is 4. The van der Waals surface area contributed by atoms with E-state index in [4.69, 9.17) is 5.11 Å². The average Bonchev–Trinajstić information content (AvgIpc) is 2.46. The molecule has 1 aromatic heterocycles. The summed E-state index contributed by atoms with van der Waals surface area (Å²) in [4.78, 5) is 16.7. The number of carboxylic acid groups (broad SMARTS) is 1. The first-order valence-corrected chi connectivity index (χ1v) is 6.21. The third-order valence-corrected chi connectivity index (χ3v) is 2.88. The number of aromatic carboxylic acids is 1. The Morgan fingerprint density at radius 1 is 1.10 bits per heavy atom. The number of carbonyl (C=O) groups is 1. The number of hydrogen-bond donors (Lipinski definition) is 1. The molecule has 1 aromatic carbocycles. The molecule has 20 heavy (non-hydrogen) atoms. The molecule has 1 heterocycles. The molecule has 0 saturated heterocycles. The van der Waals surface area contributed by atoms with E-state index in [1.54, 1.807) is 12.1 Å². The fourth-order valence-corrected chi connectivity index (χ4v) is 1.74. The van der Waals surface area contributed by atoms with Crippen molar-refractivity contribution in [2.24, 2.45) is 0 Å². The molecule has 2 rings (SSSR count). The second-order valence-electron chi connectivity index (χ2n) is 4.60. The second-order valence-corrected chi connectivity index (χ2v) is 4.60. The highest BCUT2D eigenvalue weighted by atomic mass is 16.4. The SMILES string of the molecule is CN(C)c1ccc(C=Cc2ccnc(C(=O)O)c2)cc1. The smallest absolute Gasteiger partial charge is 0.354 e. The molecule has 0 aliphatic rings. The van der Waals surface area contributed by atoms with Crippen molar-refractivity contribution in [3.05, 3.63) is 59.4 Å². The zero-order valence-corrected chi connectivity index (χ0v) is 11.4. The number of carboxylic acids is 1. The lowest BCUT2D eigenvalue weighted by Crippen LogP contribution is -2.07. The lowest BCUT2D eigenvalue weighted by atomic mass is 10.1. The summed E-state index contributed by atoms with van der Waals surface area (Å²) in [7, 11) is 3.99. The number of hydrogen-bond acceptors (Lipinski definition) is 3. The molecule has 0 spiro atoms. The first-order valence-electron chi connectivity index (χ1n) is 6.21. The van der Waals surface area contributed by atoms with Crippen LogP contribution in [0, 0.1) is 0 Å². The van der Waals surface area contributed by atoms with Crippen molar-refractivity contribution in [3.8, 4) is 0 Å². The summed E-state index contributed by atoms with van der Waals surface area (Å²) in [6.07, 6.45) is 5.32. The van der Waals surface area contributed by atoms with Gasteiger partial charge < -0.3 is 10.0 Å². The van der Waals surface area contributed by atoms with E-state index in [0.717, 1.165) is 16.8 Å². The normalized spacial score (nSPS) is 10.7. The van der Waals surface area contributed by atoms with E-state index < -0.39 is 5.97 Å². The van der Waals surface area contributed by atoms with Crippen molar-refractivity contribution in [2.75, 3.05) is 19.0 Å². The monoisotopic (exact) mass is 268 g/mol. The molecule has 4 nitrogen and oxygen atoms in total. The van der Waals surface area contributed by atoms with Crippen LogP contribution in [0.4, 0.5) is 5.69 Å². The molecule has 0 aliphatic carbocycles. The fraction of sp³-hybridized carbons (Fsp3) is 0.125. The summed E-state index contributed by atoms with van der Waals surface area (Å²) in [5, 5.41) is 8.89. The summed E-state index contributed by atoms with van der Waals surface area (Å²) < 4.78 is 0. The van der Waals surface area contributed by atoms with Gasteiger partial charge in [-0.15, -0.1) is 0 Å². The van der Waals surface area contributed by atoms with Gasteiger partial charge in [0.25, 0.3) is 0 Å². The third kappa shape index (κ3) is 3.45. The van der Waals surface area contributed by atoms with E-state index in [-0.39, 0.29) is 5.69 Å². The molecule has 0 saturated carbocycles. The van der Waals surface area contributed by atoms with Crippen LogP contribution >= 0.6 is 0 Å². The van der Waals surface area contributed by atoms with Gasteiger partial charge in [0.15, 0.2) is 0 Å². The van der Waals surface area contributed by atoms with Crippen LogP contribution in [0.25, 0.3) is 12.2 Å². The Labute approximate surface area is 118 Å². The lowest BCUT2D eigenvalue weighted by Gasteiger charge is -2.11. The largest absolute Gasteiger partial charge is 0.477 e. The van der Waals surface area contributed by atoms with E-state index in [1.807, 2.05) is 55.4 Å². The lowest BCUT2D eigenvalue weighted by molar-refractivity contribution is 0.0690. The van der Waals surface area contributed by atoms with Gasteiger partial charge in [0.1, 0.15) is 5.69 Å². The van der Waals surface area contributed by atoms with E-state index in [2.05, 4.69) is 4.98 Å². The number of pyridine rings is 1. The van der Waals surface area contributed by atoms with E-state index >= 15 is 0 Å². The highest BCUT2D eigenvalue weighted by Gasteiger charge is 2.03. The minimum Gasteiger partial charge on any atom is -0.477 e. The van der Waals surface area contributed by atoms with Crippen molar-refractivity contribution in [1.29, 1.82) is 0 Å². The summed E-state index contributed by atoms with van der Waals surface area (Å²) in [5.41, 5.74) is 3.06. The van der Waals surface area contributed by atoms with Crippen molar-refractivity contribution in [3.63, 3.8) is 0 Å². The minimum atomic E-state index is -1.02. The molecular weight excluding hydrogens is 252 g/mol. The van der Waals surface area contributed by atoms with Crippen LogP contribution in [0.3, 0.4) is 0 Å². The Balaban J connectivity index is 2.16. The number of aromatic nitrogens is 1. The zero-order valence-electron chi connectivity index (χ0n) is 11.4.